The molecule has 2 unspecified atom stereocenters. The maximum Gasteiger partial charge on any atom is 0.352 e. The zero-order valence-electron chi connectivity index (χ0n) is 22.7. The molecule has 200 valence electrons. The van der Waals surface area contributed by atoms with Gasteiger partial charge in [-0.25, -0.2) is 23.5 Å². The third kappa shape index (κ3) is 4.02. The standard InChI is InChI=1S/C30H35N3O5/c1-29(2,3)19-9-11-20(12-10-19)32-27(34)31-16-15-23-26(33(31)28(32)35)22-14-13-21(18-24(22)38-30(23,4)5)37-25-8-6-7-17-36-25/h9-15,18,25-26H,6-8,16-17H2,1-5H3. The van der Waals surface area contributed by atoms with Gasteiger partial charge in [0.05, 0.1) is 18.8 Å². The largest absolute Gasteiger partial charge is 0.483 e. The minimum absolute atomic E-state index is 0.0273. The van der Waals surface area contributed by atoms with Crippen LogP contribution in [0.25, 0.3) is 5.69 Å². The quantitative estimate of drug-likeness (QED) is 0.471. The van der Waals surface area contributed by atoms with Crippen molar-refractivity contribution >= 4 is 0 Å². The van der Waals surface area contributed by atoms with Gasteiger partial charge in [-0.2, -0.15) is 0 Å². The van der Waals surface area contributed by atoms with Gasteiger partial charge in [-0.15, -0.1) is 0 Å². The van der Waals surface area contributed by atoms with Crippen LogP contribution < -0.4 is 20.9 Å². The summed E-state index contributed by atoms with van der Waals surface area (Å²) in [6, 6.07) is 12.9. The van der Waals surface area contributed by atoms with Crippen molar-refractivity contribution in [1.82, 2.24) is 13.9 Å². The van der Waals surface area contributed by atoms with Gasteiger partial charge in [-0.05, 0) is 67.5 Å². The maximum atomic E-state index is 13.9. The minimum Gasteiger partial charge on any atom is -0.483 e. The lowest BCUT2D eigenvalue weighted by Gasteiger charge is -2.42. The van der Waals surface area contributed by atoms with Crippen LogP contribution in [0.15, 0.2) is 63.7 Å². The van der Waals surface area contributed by atoms with E-state index in [0.717, 1.165) is 36.0 Å². The minimum atomic E-state index is -0.672. The molecule has 0 amide bonds. The molecule has 38 heavy (non-hydrogen) atoms. The van der Waals surface area contributed by atoms with E-state index in [1.54, 1.807) is 4.68 Å². The monoisotopic (exact) mass is 517 g/mol. The van der Waals surface area contributed by atoms with E-state index < -0.39 is 11.6 Å². The van der Waals surface area contributed by atoms with Gasteiger partial charge in [0.1, 0.15) is 23.1 Å². The van der Waals surface area contributed by atoms with Crippen molar-refractivity contribution in [3.05, 3.63) is 86.2 Å². The van der Waals surface area contributed by atoms with Crippen molar-refractivity contribution in [3.8, 4) is 17.2 Å². The Hall–Kier alpha value is -3.52. The fourth-order valence-electron chi connectivity index (χ4n) is 5.74. The van der Waals surface area contributed by atoms with Crippen molar-refractivity contribution in [3.63, 3.8) is 0 Å². The number of rotatable bonds is 3. The smallest absolute Gasteiger partial charge is 0.352 e. The molecule has 1 aromatic heterocycles. The lowest BCUT2D eigenvalue weighted by Crippen LogP contribution is -2.46. The Bertz CT molecular complexity index is 1530. The molecule has 1 saturated heterocycles. The highest BCUT2D eigenvalue weighted by Crippen LogP contribution is 2.47. The molecule has 0 spiro atoms. The second-order valence-electron chi connectivity index (χ2n) is 11.9. The molecule has 4 heterocycles. The second kappa shape index (κ2) is 8.76. The number of aromatic nitrogens is 3. The number of allylic oxidation sites excluding steroid dienone is 1. The zero-order chi connectivity index (χ0) is 26.8. The molecule has 3 aliphatic heterocycles. The first kappa shape index (κ1) is 24.8. The first-order valence-electron chi connectivity index (χ1n) is 13.4. The van der Waals surface area contributed by atoms with E-state index in [2.05, 4.69) is 20.8 Å². The van der Waals surface area contributed by atoms with Crippen LogP contribution in [0.4, 0.5) is 0 Å². The van der Waals surface area contributed by atoms with E-state index >= 15 is 0 Å². The second-order valence-corrected chi connectivity index (χ2v) is 11.9. The molecule has 3 aromatic rings. The van der Waals surface area contributed by atoms with E-state index in [0.29, 0.717) is 30.3 Å². The Labute approximate surface area is 222 Å². The predicted octanol–water partition coefficient (Wildman–Crippen LogP) is 4.70. The summed E-state index contributed by atoms with van der Waals surface area (Å²) in [6.45, 7) is 11.4. The van der Waals surface area contributed by atoms with Crippen molar-refractivity contribution in [2.24, 2.45) is 0 Å². The summed E-state index contributed by atoms with van der Waals surface area (Å²) < 4.78 is 22.7. The number of benzene rings is 2. The third-order valence-corrected chi connectivity index (χ3v) is 7.82. The molecule has 0 saturated carbocycles. The number of hydrogen-bond donors (Lipinski definition) is 0. The van der Waals surface area contributed by atoms with Gasteiger partial charge < -0.3 is 14.2 Å². The summed E-state index contributed by atoms with van der Waals surface area (Å²) in [5, 5.41) is 0. The summed E-state index contributed by atoms with van der Waals surface area (Å²) >= 11 is 0. The summed E-state index contributed by atoms with van der Waals surface area (Å²) in [6.07, 6.45) is 4.72. The van der Waals surface area contributed by atoms with Crippen LogP contribution in [0.3, 0.4) is 0 Å². The van der Waals surface area contributed by atoms with Crippen molar-refractivity contribution in [2.75, 3.05) is 6.61 Å². The van der Waals surface area contributed by atoms with Crippen LogP contribution in [0.5, 0.6) is 11.5 Å². The Morgan fingerprint density at radius 3 is 2.45 bits per heavy atom. The molecule has 2 atom stereocenters. The predicted molar refractivity (Wildman–Crippen MR) is 145 cm³/mol. The highest BCUT2D eigenvalue weighted by molar-refractivity contribution is 5.51. The van der Waals surface area contributed by atoms with Gasteiger partial charge in [0, 0.05) is 18.1 Å². The molecule has 6 rings (SSSR count). The molecule has 0 aliphatic carbocycles. The summed E-state index contributed by atoms with van der Waals surface area (Å²) in [5.74, 6) is 1.30. The van der Waals surface area contributed by atoms with Gasteiger partial charge in [-0.3, -0.25) is 0 Å². The summed E-state index contributed by atoms with van der Waals surface area (Å²) in [7, 11) is 0. The first-order chi connectivity index (χ1) is 18.0. The van der Waals surface area contributed by atoms with Crippen LogP contribution in [0.2, 0.25) is 0 Å². The molecule has 0 radical (unpaired) electrons. The van der Waals surface area contributed by atoms with E-state index in [1.807, 2.05) is 62.4 Å². The number of ether oxygens (including phenoxy) is 3. The van der Waals surface area contributed by atoms with Crippen LogP contribution in [-0.2, 0) is 16.7 Å². The molecule has 1 fully saturated rings. The van der Waals surface area contributed by atoms with Crippen LogP contribution >= 0.6 is 0 Å². The molecular formula is C30H35N3O5. The Balaban J connectivity index is 1.43. The Morgan fingerprint density at radius 2 is 1.76 bits per heavy atom. The molecule has 8 heteroatoms. The van der Waals surface area contributed by atoms with Crippen LogP contribution in [0, 0.1) is 0 Å². The molecule has 8 nitrogen and oxygen atoms in total. The lowest BCUT2D eigenvalue weighted by atomic mass is 9.83. The number of nitrogens with zero attached hydrogens (tertiary/aromatic N) is 3. The Morgan fingerprint density at radius 1 is 1.00 bits per heavy atom. The number of fused-ring (bicyclic) bond motifs is 5. The SMILES string of the molecule is CC1(C)Oc2cc(OC3CCCCO3)ccc2C2C1=CCn1c(=O)n(-c3ccc(C(C)(C)C)cc3)c(=O)n12. The van der Waals surface area contributed by atoms with E-state index in [-0.39, 0.29) is 23.1 Å². The zero-order valence-corrected chi connectivity index (χ0v) is 22.7. The topological polar surface area (TPSA) is 76.6 Å². The van der Waals surface area contributed by atoms with Crippen molar-refractivity contribution in [1.29, 1.82) is 0 Å². The molecule has 0 bridgehead atoms. The molecule has 2 aromatic carbocycles. The van der Waals surface area contributed by atoms with Crippen LogP contribution in [-0.4, -0.2) is 32.4 Å². The molecule has 3 aliphatic rings. The van der Waals surface area contributed by atoms with Gasteiger partial charge in [0.2, 0.25) is 0 Å². The maximum absolute atomic E-state index is 13.9. The molecule has 0 N–H and O–H groups in total. The van der Waals surface area contributed by atoms with E-state index in [1.165, 1.54) is 9.25 Å². The van der Waals surface area contributed by atoms with E-state index in [9.17, 15) is 9.59 Å². The van der Waals surface area contributed by atoms with E-state index in [4.69, 9.17) is 14.2 Å². The van der Waals surface area contributed by atoms with Crippen LogP contribution in [0.1, 0.15) is 71.0 Å². The van der Waals surface area contributed by atoms with Gasteiger partial charge in [-0.1, -0.05) is 39.0 Å². The summed E-state index contributed by atoms with van der Waals surface area (Å²) in [4.78, 5) is 27.5. The highest BCUT2D eigenvalue weighted by atomic mass is 16.7. The fourth-order valence-corrected chi connectivity index (χ4v) is 5.74. The highest BCUT2D eigenvalue weighted by Gasteiger charge is 2.44. The Kier molecular flexibility index (Phi) is 5.72. The number of hydrogen-bond acceptors (Lipinski definition) is 5. The summed E-state index contributed by atoms with van der Waals surface area (Å²) in [5.41, 5.74) is 2.06. The fraction of sp³-hybridized carbons (Fsp3) is 0.467. The van der Waals surface area contributed by atoms with Gasteiger partial charge in [0.25, 0.3) is 0 Å². The first-order valence-corrected chi connectivity index (χ1v) is 13.4. The average Bonchev–Trinajstić information content (AvgIpc) is 3.13. The average molecular weight is 518 g/mol. The van der Waals surface area contributed by atoms with Gasteiger partial charge in [0.15, 0.2) is 6.29 Å². The third-order valence-electron chi connectivity index (χ3n) is 7.82. The molecular weight excluding hydrogens is 482 g/mol. The lowest BCUT2D eigenvalue weighted by molar-refractivity contribution is -0.106. The van der Waals surface area contributed by atoms with Gasteiger partial charge >= 0.3 is 11.4 Å². The normalized spacial score (nSPS) is 22.0. The van der Waals surface area contributed by atoms with Crippen molar-refractivity contribution in [2.45, 2.75) is 83.8 Å². The van der Waals surface area contributed by atoms with Crippen molar-refractivity contribution < 1.29 is 14.2 Å².